The number of hydrogen-bond donors (Lipinski definition) is 3. The molecule has 2 atom stereocenters. The van der Waals surface area contributed by atoms with E-state index in [1.807, 2.05) is 36.4 Å². The molecular formula is C30H32N2O3. The third-order valence-corrected chi connectivity index (χ3v) is 6.34. The number of Topliss-reactive ketones (excluding diaryl/α,β-unsaturated/α-hetero) is 2. The van der Waals surface area contributed by atoms with Crippen LogP contribution in [0.5, 0.6) is 0 Å². The van der Waals surface area contributed by atoms with E-state index in [4.69, 9.17) is 0 Å². The summed E-state index contributed by atoms with van der Waals surface area (Å²) in [6.45, 7) is 4.41. The average Bonchev–Trinajstić information content (AvgIpc) is 3.30. The molecule has 0 fully saturated rings. The lowest BCUT2D eigenvalue weighted by Crippen LogP contribution is -2.30. The number of carbonyl (C=O) groups excluding carboxylic acids is 2. The van der Waals surface area contributed by atoms with Gasteiger partial charge in [-0.15, -0.1) is 0 Å². The predicted molar refractivity (Wildman–Crippen MR) is 140 cm³/mol. The second-order valence-corrected chi connectivity index (χ2v) is 9.17. The molecule has 0 amide bonds. The number of H-pyrrole nitrogens is 1. The molecular weight excluding hydrogens is 436 g/mol. The van der Waals surface area contributed by atoms with Crippen molar-refractivity contribution in [3.8, 4) is 0 Å². The highest BCUT2D eigenvalue weighted by Crippen LogP contribution is 2.26. The predicted octanol–water partition coefficient (Wildman–Crippen LogP) is 5.58. The minimum atomic E-state index is -0.508. The highest BCUT2D eigenvalue weighted by Gasteiger charge is 2.24. The maximum absolute atomic E-state index is 13.7. The quantitative estimate of drug-likeness (QED) is 0.251. The first-order valence-corrected chi connectivity index (χ1v) is 12.1. The number of aliphatic hydroxyl groups is 1. The zero-order valence-corrected chi connectivity index (χ0v) is 20.3. The number of fused-ring (bicyclic) bond motifs is 1. The van der Waals surface area contributed by atoms with Gasteiger partial charge in [0.1, 0.15) is 0 Å². The molecule has 0 aliphatic carbocycles. The van der Waals surface area contributed by atoms with Crippen molar-refractivity contribution in [2.45, 2.75) is 45.3 Å². The first-order valence-electron chi connectivity index (χ1n) is 12.1. The molecule has 180 valence electrons. The Balaban J connectivity index is 1.54. The number of rotatable bonds is 11. The van der Waals surface area contributed by atoms with Gasteiger partial charge in [0.2, 0.25) is 0 Å². The Kier molecular flexibility index (Phi) is 7.91. The summed E-state index contributed by atoms with van der Waals surface area (Å²) in [5, 5.41) is 13.7. The number of ketones is 2. The van der Waals surface area contributed by atoms with Gasteiger partial charge < -0.3 is 15.4 Å². The van der Waals surface area contributed by atoms with Crippen LogP contribution >= 0.6 is 0 Å². The van der Waals surface area contributed by atoms with Crippen molar-refractivity contribution in [2.75, 3.05) is 6.54 Å². The van der Waals surface area contributed by atoms with Crippen molar-refractivity contribution in [1.82, 2.24) is 10.3 Å². The summed E-state index contributed by atoms with van der Waals surface area (Å²) in [5.41, 5.74) is 5.30. The fourth-order valence-electron chi connectivity index (χ4n) is 4.27. The molecule has 3 aromatic carbocycles. The molecule has 0 unspecified atom stereocenters. The summed E-state index contributed by atoms with van der Waals surface area (Å²) in [7, 11) is 0. The van der Waals surface area contributed by atoms with Crippen molar-refractivity contribution < 1.29 is 14.7 Å². The molecule has 5 heteroatoms. The molecule has 5 nitrogen and oxygen atoms in total. The molecule has 35 heavy (non-hydrogen) atoms. The van der Waals surface area contributed by atoms with Gasteiger partial charge in [0.25, 0.3) is 0 Å². The maximum Gasteiger partial charge on any atom is 0.186 e. The van der Waals surface area contributed by atoms with Crippen LogP contribution in [0.4, 0.5) is 0 Å². The molecule has 4 aromatic rings. The number of aryl methyl sites for hydroxylation is 1. The van der Waals surface area contributed by atoms with E-state index in [0.29, 0.717) is 24.1 Å². The number of carbonyl (C=O) groups is 2. The molecule has 0 bridgehead atoms. The zero-order valence-electron chi connectivity index (χ0n) is 20.3. The molecule has 1 heterocycles. The van der Waals surface area contributed by atoms with E-state index in [1.165, 1.54) is 11.1 Å². The minimum Gasteiger partial charge on any atom is -0.393 e. The Labute approximate surface area is 206 Å². The lowest BCUT2D eigenvalue weighted by molar-refractivity contribution is 0.0940. The van der Waals surface area contributed by atoms with E-state index >= 15 is 0 Å². The average molecular weight is 469 g/mol. The Hall–Kier alpha value is -3.54. The summed E-state index contributed by atoms with van der Waals surface area (Å²) in [4.78, 5) is 29.4. The summed E-state index contributed by atoms with van der Waals surface area (Å²) >= 11 is 0. The van der Waals surface area contributed by atoms with Crippen LogP contribution in [0.2, 0.25) is 0 Å². The Morgan fingerprint density at radius 1 is 1.00 bits per heavy atom. The molecule has 0 saturated carbocycles. The normalized spacial score (nSPS) is 13.0. The van der Waals surface area contributed by atoms with Gasteiger partial charge in [-0.2, -0.15) is 0 Å². The van der Waals surface area contributed by atoms with Crippen LogP contribution in [0.1, 0.15) is 63.2 Å². The Morgan fingerprint density at radius 2 is 1.74 bits per heavy atom. The van der Waals surface area contributed by atoms with Gasteiger partial charge in [0, 0.05) is 41.2 Å². The van der Waals surface area contributed by atoms with E-state index in [0.717, 1.165) is 22.9 Å². The third-order valence-electron chi connectivity index (χ3n) is 6.34. The van der Waals surface area contributed by atoms with Crippen molar-refractivity contribution in [2.24, 2.45) is 0 Å². The fraction of sp³-hybridized carbons (Fsp3) is 0.267. The highest BCUT2D eigenvalue weighted by molar-refractivity contribution is 6.11. The smallest absolute Gasteiger partial charge is 0.186 e. The second-order valence-electron chi connectivity index (χ2n) is 9.17. The van der Waals surface area contributed by atoms with Gasteiger partial charge in [0.15, 0.2) is 11.6 Å². The largest absolute Gasteiger partial charge is 0.393 e. The molecule has 4 rings (SSSR count). The summed E-state index contributed by atoms with van der Waals surface area (Å²) < 4.78 is 0. The van der Waals surface area contributed by atoms with Gasteiger partial charge in [0.05, 0.1) is 12.1 Å². The van der Waals surface area contributed by atoms with E-state index in [-0.39, 0.29) is 18.0 Å². The van der Waals surface area contributed by atoms with Gasteiger partial charge in [-0.3, -0.25) is 9.59 Å². The maximum atomic E-state index is 13.7. The Morgan fingerprint density at radius 3 is 2.46 bits per heavy atom. The number of nitrogens with one attached hydrogen (secondary N) is 2. The Bertz CT molecular complexity index is 1290. The number of aromatic nitrogens is 1. The molecule has 0 aliphatic heterocycles. The minimum absolute atomic E-state index is 0.0143. The lowest BCUT2D eigenvalue weighted by Gasteiger charge is -2.18. The van der Waals surface area contributed by atoms with Crippen LogP contribution in [0.25, 0.3) is 10.9 Å². The van der Waals surface area contributed by atoms with Crippen molar-refractivity contribution in [3.05, 3.63) is 107 Å². The molecule has 3 N–H and O–H groups in total. The zero-order chi connectivity index (χ0) is 24.8. The molecule has 0 saturated heterocycles. The van der Waals surface area contributed by atoms with Crippen LogP contribution in [0, 0.1) is 6.92 Å². The number of aliphatic hydroxyl groups excluding tert-OH is 1. The van der Waals surface area contributed by atoms with Crippen LogP contribution in [0.15, 0.2) is 79.0 Å². The van der Waals surface area contributed by atoms with Crippen LogP contribution in [0.3, 0.4) is 0 Å². The van der Waals surface area contributed by atoms with Crippen LogP contribution in [-0.4, -0.2) is 34.3 Å². The first-order chi connectivity index (χ1) is 16.9. The number of benzene rings is 3. The second kappa shape index (κ2) is 11.3. The number of aromatic amines is 1. The van der Waals surface area contributed by atoms with E-state index in [1.54, 1.807) is 25.3 Å². The van der Waals surface area contributed by atoms with E-state index in [2.05, 4.69) is 41.5 Å². The summed E-state index contributed by atoms with van der Waals surface area (Å²) in [6.07, 6.45) is 2.76. The van der Waals surface area contributed by atoms with Crippen LogP contribution < -0.4 is 5.32 Å². The monoisotopic (exact) mass is 468 g/mol. The molecule has 0 aliphatic rings. The van der Waals surface area contributed by atoms with Gasteiger partial charge >= 0.3 is 0 Å². The third kappa shape index (κ3) is 6.13. The standard InChI is InChI=1S/C30H32N2O3/c1-20-8-11-22(12-9-20)16-17-31-29(23-6-4-3-5-7-23)30(35)26-19-32-27-18-24(13-14-25(26)27)28(34)15-10-21(2)33/h3-9,11-14,18-19,21,29,31-33H,10,15-17H2,1-2H3/t21-,29+/m0/s1. The molecule has 0 radical (unpaired) electrons. The van der Waals surface area contributed by atoms with E-state index in [9.17, 15) is 14.7 Å². The first kappa shape index (κ1) is 24.6. The topological polar surface area (TPSA) is 82.2 Å². The van der Waals surface area contributed by atoms with E-state index < -0.39 is 12.1 Å². The fourth-order valence-corrected chi connectivity index (χ4v) is 4.27. The number of hydrogen-bond acceptors (Lipinski definition) is 4. The summed E-state index contributed by atoms with van der Waals surface area (Å²) in [6, 6.07) is 23.1. The van der Waals surface area contributed by atoms with Crippen LogP contribution in [-0.2, 0) is 6.42 Å². The van der Waals surface area contributed by atoms with Crippen molar-refractivity contribution >= 4 is 22.5 Å². The SMILES string of the molecule is Cc1ccc(CCN[C@@H](C(=O)c2c[nH]c3cc(C(=O)CC[C@H](C)O)ccc23)c2ccccc2)cc1. The van der Waals surface area contributed by atoms with Gasteiger partial charge in [-0.05, 0) is 43.9 Å². The van der Waals surface area contributed by atoms with Gasteiger partial charge in [-0.25, -0.2) is 0 Å². The highest BCUT2D eigenvalue weighted by atomic mass is 16.3. The van der Waals surface area contributed by atoms with Crippen molar-refractivity contribution in [1.29, 1.82) is 0 Å². The van der Waals surface area contributed by atoms with Gasteiger partial charge in [-0.1, -0.05) is 72.3 Å². The summed E-state index contributed by atoms with van der Waals surface area (Å²) in [5.74, 6) is -0.0326. The lowest BCUT2D eigenvalue weighted by atomic mass is 9.96. The molecule has 1 aromatic heterocycles. The van der Waals surface area contributed by atoms with Crippen molar-refractivity contribution in [3.63, 3.8) is 0 Å². The molecule has 0 spiro atoms.